The van der Waals surface area contributed by atoms with E-state index < -0.39 is 18.0 Å². The van der Waals surface area contributed by atoms with Crippen molar-refractivity contribution in [1.82, 2.24) is 15.2 Å². The number of hydrogen-bond acceptors (Lipinski definition) is 6. The molecule has 1 atom stereocenters. The van der Waals surface area contributed by atoms with Crippen LogP contribution < -0.4 is 10.2 Å². The van der Waals surface area contributed by atoms with Crippen molar-refractivity contribution in [3.8, 4) is 0 Å². The van der Waals surface area contributed by atoms with E-state index in [1.54, 1.807) is 20.1 Å². The molecule has 1 saturated carbocycles. The third-order valence-corrected chi connectivity index (χ3v) is 6.36. The Hall–Kier alpha value is -2.82. The summed E-state index contributed by atoms with van der Waals surface area (Å²) in [6.45, 7) is 6.80. The number of hydrogen-bond donors (Lipinski definition) is 3. The number of carboxylic acid groups (broad SMARTS) is 1. The minimum Gasteiger partial charge on any atom is -0.481 e. The predicted molar refractivity (Wildman–Crippen MR) is 127 cm³/mol. The van der Waals surface area contributed by atoms with E-state index in [4.69, 9.17) is 4.74 Å². The molecule has 8 nitrogen and oxygen atoms in total. The number of anilines is 3. The van der Waals surface area contributed by atoms with Crippen molar-refractivity contribution in [3.63, 3.8) is 0 Å². The SMILES string of the molecule is CO[C@H]1CC[C@H](N(CC(C)C)c2ccc(C(C)CC(=O)O)cc2Nc2n[nH]c(C(F)(F)F)n2)CC1. The Kier molecular flexibility index (Phi) is 8.63. The molecule has 1 aliphatic carbocycles. The molecule has 0 amide bonds. The van der Waals surface area contributed by atoms with E-state index in [1.807, 2.05) is 17.2 Å². The van der Waals surface area contributed by atoms with Gasteiger partial charge in [0.2, 0.25) is 11.8 Å². The molecule has 1 aromatic heterocycles. The number of nitrogens with zero attached hydrogens (tertiary/aromatic N) is 3. The highest BCUT2D eigenvalue weighted by atomic mass is 19.4. The maximum atomic E-state index is 13.1. The van der Waals surface area contributed by atoms with E-state index in [-0.39, 0.29) is 30.4 Å². The molecular formula is C24H34F3N5O3. The Labute approximate surface area is 203 Å². The fourth-order valence-corrected chi connectivity index (χ4v) is 4.59. The third-order valence-electron chi connectivity index (χ3n) is 6.36. The van der Waals surface area contributed by atoms with E-state index in [1.165, 1.54) is 0 Å². The van der Waals surface area contributed by atoms with Crippen molar-refractivity contribution in [2.24, 2.45) is 5.92 Å². The Morgan fingerprint density at radius 1 is 1.26 bits per heavy atom. The van der Waals surface area contributed by atoms with E-state index in [0.29, 0.717) is 11.6 Å². The van der Waals surface area contributed by atoms with Crippen LogP contribution in [-0.2, 0) is 15.7 Å². The molecule has 0 saturated heterocycles. The van der Waals surface area contributed by atoms with Crippen LogP contribution in [0.1, 0.15) is 70.2 Å². The summed E-state index contributed by atoms with van der Waals surface area (Å²) >= 11 is 0. The molecule has 1 aromatic carbocycles. The molecule has 194 valence electrons. The number of nitrogens with one attached hydrogen (secondary N) is 2. The zero-order valence-electron chi connectivity index (χ0n) is 20.5. The highest BCUT2D eigenvalue weighted by Gasteiger charge is 2.35. The lowest BCUT2D eigenvalue weighted by atomic mass is 9.90. The molecule has 1 heterocycles. The normalized spacial score (nSPS) is 19.5. The first-order valence-electron chi connectivity index (χ1n) is 11.9. The second-order valence-corrected chi connectivity index (χ2v) is 9.62. The second kappa shape index (κ2) is 11.3. The first-order valence-corrected chi connectivity index (χ1v) is 11.9. The quantitative estimate of drug-likeness (QED) is 0.395. The molecule has 3 rings (SSSR count). The van der Waals surface area contributed by atoms with Crippen molar-refractivity contribution in [2.45, 2.75) is 77.1 Å². The van der Waals surface area contributed by atoms with Crippen molar-refractivity contribution < 1.29 is 27.8 Å². The van der Waals surface area contributed by atoms with Gasteiger partial charge in [-0.1, -0.05) is 26.8 Å². The molecule has 1 fully saturated rings. The summed E-state index contributed by atoms with van der Waals surface area (Å²) in [5.74, 6) is -2.25. The van der Waals surface area contributed by atoms with Gasteiger partial charge in [0.1, 0.15) is 0 Å². The molecule has 1 unspecified atom stereocenters. The first kappa shape index (κ1) is 26.8. The van der Waals surface area contributed by atoms with Gasteiger partial charge in [-0.15, -0.1) is 5.10 Å². The van der Waals surface area contributed by atoms with Crippen LogP contribution in [0.25, 0.3) is 0 Å². The number of alkyl halides is 3. The van der Waals surface area contributed by atoms with E-state index in [2.05, 4.69) is 34.1 Å². The van der Waals surface area contributed by atoms with E-state index >= 15 is 0 Å². The van der Waals surface area contributed by atoms with Crippen LogP contribution in [0.5, 0.6) is 0 Å². The molecule has 0 spiro atoms. The number of aliphatic carboxylic acids is 1. The topological polar surface area (TPSA) is 103 Å². The number of carboxylic acids is 1. The smallest absolute Gasteiger partial charge is 0.451 e. The highest BCUT2D eigenvalue weighted by molar-refractivity contribution is 5.75. The molecule has 0 aliphatic heterocycles. The van der Waals surface area contributed by atoms with Crippen LogP contribution in [0.4, 0.5) is 30.5 Å². The van der Waals surface area contributed by atoms with E-state index in [0.717, 1.165) is 43.5 Å². The Bertz CT molecular complexity index is 987. The number of H-pyrrole nitrogens is 1. The number of aromatic nitrogens is 3. The predicted octanol–water partition coefficient (Wildman–Crippen LogP) is 5.57. The Balaban J connectivity index is 1.99. The van der Waals surface area contributed by atoms with Gasteiger partial charge in [0.25, 0.3) is 0 Å². The monoisotopic (exact) mass is 497 g/mol. The standard InChI is InChI=1S/C24H34F3N5O3/c1-14(2)13-32(17-6-8-18(35-4)9-7-17)20-10-5-16(15(3)11-21(33)34)12-19(20)28-23-29-22(30-31-23)24(25,26)27/h5,10,12,14-15,17-18H,6-9,11,13H2,1-4H3,(H,33,34)(H2,28,29,30,31)/t15?,17-,18-. The number of aromatic amines is 1. The number of benzene rings is 1. The Morgan fingerprint density at radius 3 is 2.49 bits per heavy atom. The minimum atomic E-state index is -4.64. The van der Waals surface area contributed by atoms with Crippen LogP contribution in [0.15, 0.2) is 18.2 Å². The first-order chi connectivity index (χ1) is 16.5. The maximum Gasteiger partial charge on any atom is 0.451 e. The van der Waals surface area contributed by atoms with Crippen LogP contribution in [-0.4, -0.2) is 52.1 Å². The average molecular weight is 498 g/mol. The highest BCUT2D eigenvalue weighted by Crippen LogP contribution is 2.37. The van der Waals surface area contributed by atoms with Crippen LogP contribution >= 0.6 is 0 Å². The fraction of sp³-hybridized carbons (Fsp3) is 0.625. The third kappa shape index (κ3) is 7.09. The maximum absolute atomic E-state index is 13.1. The lowest BCUT2D eigenvalue weighted by Gasteiger charge is -2.40. The lowest BCUT2D eigenvalue weighted by molar-refractivity contribution is -0.144. The summed E-state index contributed by atoms with van der Waals surface area (Å²) in [6, 6.07) is 5.84. The minimum absolute atomic E-state index is 0.0611. The molecule has 3 N–H and O–H groups in total. The zero-order valence-corrected chi connectivity index (χ0v) is 20.5. The largest absolute Gasteiger partial charge is 0.481 e. The van der Waals surface area contributed by atoms with Gasteiger partial charge in [-0.3, -0.25) is 9.89 Å². The molecule has 1 aliphatic rings. The summed E-state index contributed by atoms with van der Waals surface area (Å²) in [4.78, 5) is 17.1. The molecule has 0 bridgehead atoms. The second-order valence-electron chi connectivity index (χ2n) is 9.62. The average Bonchev–Trinajstić information content (AvgIpc) is 3.26. The number of halogens is 3. The van der Waals surface area contributed by atoms with E-state index in [9.17, 15) is 23.1 Å². The summed E-state index contributed by atoms with van der Waals surface area (Å²) in [7, 11) is 1.72. The molecule has 0 radical (unpaired) electrons. The summed E-state index contributed by atoms with van der Waals surface area (Å²) in [5.41, 5.74) is 2.13. The van der Waals surface area contributed by atoms with Gasteiger partial charge in [-0.2, -0.15) is 18.2 Å². The van der Waals surface area contributed by atoms with Crippen molar-refractivity contribution in [1.29, 1.82) is 0 Å². The number of ether oxygens (including phenoxy) is 1. The van der Waals surface area contributed by atoms with Gasteiger partial charge >= 0.3 is 12.1 Å². The number of rotatable bonds is 10. The zero-order chi connectivity index (χ0) is 25.8. The van der Waals surface area contributed by atoms with Gasteiger partial charge < -0.3 is 20.1 Å². The van der Waals surface area contributed by atoms with Crippen LogP contribution in [0.3, 0.4) is 0 Å². The molecule has 11 heteroatoms. The fourth-order valence-electron chi connectivity index (χ4n) is 4.59. The number of carbonyl (C=O) groups is 1. The van der Waals surface area contributed by atoms with Crippen LogP contribution in [0.2, 0.25) is 0 Å². The summed E-state index contributed by atoms with van der Waals surface area (Å²) in [5, 5.41) is 17.8. The number of methoxy groups -OCH3 is 1. The van der Waals surface area contributed by atoms with Gasteiger partial charge in [0.15, 0.2) is 0 Å². The van der Waals surface area contributed by atoms with Crippen molar-refractivity contribution in [3.05, 3.63) is 29.6 Å². The van der Waals surface area contributed by atoms with Gasteiger partial charge in [0.05, 0.1) is 23.9 Å². The molecule has 35 heavy (non-hydrogen) atoms. The van der Waals surface area contributed by atoms with Gasteiger partial charge in [-0.05, 0) is 55.2 Å². The molecule has 2 aromatic rings. The van der Waals surface area contributed by atoms with Crippen molar-refractivity contribution in [2.75, 3.05) is 23.9 Å². The van der Waals surface area contributed by atoms with Crippen LogP contribution in [0, 0.1) is 5.92 Å². The molecular weight excluding hydrogens is 463 g/mol. The lowest BCUT2D eigenvalue weighted by Crippen LogP contribution is -2.41. The van der Waals surface area contributed by atoms with Gasteiger partial charge in [0, 0.05) is 19.7 Å². The summed E-state index contributed by atoms with van der Waals surface area (Å²) < 4.78 is 44.7. The summed E-state index contributed by atoms with van der Waals surface area (Å²) in [6.07, 6.45) is -0.741. The van der Waals surface area contributed by atoms with Gasteiger partial charge in [-0.25, -0.2) is 0 Å². The van der Waals surface area contributed by atoms with Crippen molar-refractivity contribution >= 4 is 23.3 Å². The Morgan fingerprint density at radius 2 is 1.94 bits per heavy atom.